The van der Waals surface area contributed by atoms with Crippen LogP contribution in [0.3, 0.4) is 0 Å². The molecule has 20 heavy (non-hydrogen) atoms. The van der Waals surface area contributed by atoms with E-state index in [1.165, 1.54) is 6.07 Å². The average Bonchev–Trinajstić information content (AvgIpc) is 2.73. The number of aryl methyl sites for hydroxylation is 1. The lowest BCUT2D eigenvalue weighted by Gasteiger charge is -2.06. The molecule has 0 spiro atoms. The zero-order valence-electron chi connectivity index (χ0n) is 10.1. The van der Waals surface area contributed by atoms with Crippen LogP contribution in [0.2, 0.25) is 0 Å². The predicted octanol–water partition coefficient (Wildman–Crippen LogP) is 1.40. The van der Waals surface area contributed by atoms with Gasteiger partial charge in [-0.05, 0) is 13.0 Å². The maximum absolute atomic E-state index is 12.0. The third kappa shape index (κ3) is 2.69. The molecule has 2 rings (SSSR count). The van der Waals surface area contributed by atoms with Gasteiger partial charge in [0.1, 0.15) is 16.4 Å². The number of phenols is 1. The third-order valence-corrected chi connectivity index (χ3v) is 3.71. The van der Waals surface area contributed by atoms with Crippen LogP contribution in [-0.4, -0.2) is 23.6 Å². The summed E-state index contributed by atoms with van der Waals surface area (Å²) in [4.78, 5) is 9.27. The van der Waals surface area contributed by atoms with Crippen LogP contribution in [0.25, 0.3) is 0 Å². The SMILES string of the molecule is Cc1cc(NS(=O)(=O)c2ccc([N+](=O)[O-])cc2O)no1. The second-order valence-corrected chi connectivity index (χ2v) is 5.49. The zero-order chi connectivity index (χ0) is 14.9. The Bertz CT molecular complexity index is 767. The van der Waals surface area contributed by atoms with E-state index in [1.807, 2.05) is 0 Å². The Kier molecular flexibility index (Phi) is 3.32. The maximum Gasteiger partial charge on any atom is 0.273 e. The van der Waals surface area contributed by atoms with E-state index in [2.05, 4.69) is 9.88 Å². The number of nitro groups is 1. The highest BCUT2D eigenvalue weighted by Gasteiger charge is 2.22. The number of nitrogens with one attached hydrogen (secondary N) is 1. The molecule has 1 heterocycles. The van der Waals surface area contributed by atoms with Crippen molar-refractivity contribution in [2.75, 3.05) is 4.72 Å². The van der Waals surface area contributed by atoms with Crippen molar-refractivity contribution in [3.63, 3.8) is 0 Å². The largest absolute Gasteiger partial charge is 0.506 e. The Labute approximate surface area is 113 Å². The van der Waals surface area contributed by atoms with Gasteiger partial charge in [0.05, 0.1) is 11.0 Å². The highest BCUT2D eigenvalue weighted by atomic mass is 32.2. The number of phenolic OH excluding ortho intramolecular Hbond substituents is 1. The summed E-state index contributed by atoms with van der Waals surface area (Å²) in [7, 11) is -4.12. The summed E-state index contributed by atoms with van der Waals surface area (Å²) in [6, 6.07) is 4.01. The molecule has 0 aliphatic rings. The van der Waals surface area contributed by atoms with Crippen LogP contribution in [0.5, 0.6) is 5.75 Å². The van der Waals surface area contributed by atoms with E-state index in [0.29, 0.717) is 5.76 Å². The van der Waals surface area contributed by atoms with Gasteiger partial charge in [-0.2, -0.15) is 0 Å². The van der Waals surface area contributed by atoms with Crippen molar-refractivity contribution >= 4 is 21.5 Å². The summed E-state index contributed by atoms with van der Waals surface area (Å²) in [5.41, 5.74) is -0.418. The van der Waals surface area contributed by atoms with E-state index >= 15 is 0 Å². The molecule has 1 aromatic heterocycles. The molecule has 106 valence electrons. The minimum Gasteiger partial charge on any atom is -0.506 e. The number of hydrogen-bond donors (Lipinski definition) is 2. The lowest BCUT2D eigenvalue weighted by Crippen LogP contribution is -2.13. The fraction of sp³-hybridized carbons (Fsp3) is 0.100. The molecule has 1 aromatic carbocycles. The van der Waals surface area contributed by atoms with Gasteiger partial charge in [0.2, 0.25) is 0 Å². The highest BCUT2D eigenvalue weighted by Crippen LogP contribution is 2.28. The number of aromatic nitrogens is 1. The van der Waals surface area contributed by atoms with E-state index in [-0.39, 0.29) is 5.82 Å². The van der Waals surface area contributed by atoms with Gasteiger partial charge in [-0.1, -0.05) is 5.16 Å². The smallest absolute Gasteiger partial charge is 0.273 e. The summed E-state index contributed by atoms with van der Waals surface area (Å²) in [6.45, 7) is 1.58. The monoisotopic (exact) mass is 299 g/mol. The maximum atomic E-state index is 12.0. The van der Waals surface area contributed by atoms with Crippen molar-refractivity contribution in [1.82, 2.24) is 5.16 Å². The van der Waals surface area contributed by atoms with E-state index in [1.54, 1.807) is 6.92 Å². The molecule has 0 fully saturated rings. The molecule has 0 radical (unpaired) electrons. The number of benzene rings is 1. The minimum atomic E-state index is -4.12. The Morgan fingerprint density at radius 1 is 1.40 bits per heavy atom. The lowest BCUT2D eigenvalue weighted by molar-refractivity contribution is -0.385. The first-order valence-electron chi connectivity index (χ1n) is 5.23. The molecule has 0 unspecified atom stereocenters. The van der Waals surface area contributed by atoms with E-state index in [9.17, 15) is 23.6 Å². The molecule has 0 saturated heterocycles. The fourth-order valence-corrected chi connectivity index (χ4v) is 2.52. The molecule has 0 saturated carbocycles. The summed E-state index contributed by atoms with van der Waals surface area (Å²) >= 11 is 0. The molecular weight excluding hydrogens is 290 g/mol. The van der Waals surface area contributed by atoms with Crippen molar-refractivity contribution in [2.24, 2.45) is 0 Å². The topological polar surface area (TPSA) is 136 Å². The van der Waals surface area contributed by atoms with E-state index in [0.717, 1.165) is 18.2 Å². The van der Waals surface area contributed by atoms with Gasteiger partial charge in [-0.25, -0.2) is 8.42 Å². The number of non-ortho nitro benzene ring substituents is 1. The molecule has 0 aliphatic heterocycles. The van der Waals surface area contributed by atoms with Crippen molar-refractivity contribution in [3.8, 4) is 5.75 Å². The number of nitro benzene ring substituents is 1. The summed E-state index contributed by atoms with van der Waals surface area (Å²) in [5.74, 6) is -0.386. The van der Waals surface area contributed by atoms with Gasteiger partial charge in [0, 0.05) is 12.1 Å². The molecule has 2 aromatic rings. The second kappa shape index (κ2) is 4.81. The number of rotatable bonds is 4. The number of hydrogen-bond acceptors (Lipinski definition) is 7. The van der Waals surface area contributed by atoms with Crippen LogP contribution in [-0.2, 0) is 10.0 Å². The van der Waals surface area contributed by atoms with Gasteiger partial charge < -0.3 is 9.63 Å². The van der Waals surface area contributed by atoms with Gasteiger partial charge >= 0.3 is 0 Å². The van der Waals surface area contributed by atoms with Gasteiger partial charge in [0.25, 0.3) is 15.7 Å². The van der Waals surface area contributed by atoms with Crippen LogP contribution >= 0.6 is 0 Å². The predicted molar refractivity (Wildman–Crippen MR) is 66.8 cm³/mol. The number of anilines is 1. The van der Waals surface area contributed by atoms with Gasteiger partial charge in [-0.15, -0.1) is 0 Å². The molecule has 0 aliphatic carbocycles. The summed E-state index contributed by atoms with van der Waals surface area (Å²) in [6.07, 6.45) is 0. The van der Waals surface area contributed by atoms with Crippen molar-refractivity contribution < 1.29 is 23.0 Å². The lowest BCUT2D eigenvalue weighted by atomic mass is 10.3. The first-order valence-corrected chi connectivity index (χ1v) is 6.71. The molecule has 10 heteroatoms. The standard InChI is InChI=1S/C10H9N3O6S/c1-6-4-10(11-19-6)12-20(17,18)9-3-2-7(13(15)16)5-8(9)14/h2-5,14H,1H3,(H,11,12). The Balaban J connectivity index is 2.37. The van der Waals surface area contributed by atoms with Crippen LogP contribution in [0, 0.1) is 17.0 Å². The number of nitrogens with zero attached hydrogens (tertiary/aromatic N) is 2. The van der Waals surface area contributed by atoms with E-state index in [4.69, 9.17) is 4.52 Å². The van der Waals surface area contributed by atoms with Crippen molar-refractivity contribution in [3.05, 3.63) is 40.1 Å². The van der Waals surface area contributed by atoms with Crippen LogP contribution in [0.1, 0.15) is 5.76 Å². The van der Waals surface area contributed by atoms with Crippen LogP contribution in [0.4, 0.5) is 11.5 Å². The normalized spacial score (nSPS) is 11.2. The average molecular weight is 299 g/mol. The quantitative estimate of drug-likeness (QED) is 0.643. The van der Waals surface area contributed by atoms with Gasteiger partial charge in [-0.3, -0.25) is 14.8 Å². The second-order valence-electron chi connectivity index (χ2n) is 3.84. The first-order chi connectivity index (χ1) is 9.29. The van der Waals surface area contributed by atoms with Crippen molar-refractivity contribution in [2.45, 2.75) is 11.8 Å². The molecule has 2 N–H and O–H groups in total. The van der Waals surface area contributed by atoms with Crippen LogP contribution in [0.15, 0.2) is 33.7 Å². The van der Waals surface area contributed by atoms with Gasteiger partial charge in [0.15, 0.2) is 5.82 Å². The first kappa shape index (κ1) is 13.8. The summed E-state index contributed by atoms with van der Waals surface area (Å²) in [5, 5.41) is 23.6. The molecule has 0 amide bonds. The molecule has 0 bridgehead atoms. The Morgan fingerprint density at radius 2 is 2.10 bits per heavy atom. The Hall–Kier alpha value is -2.62. The number of sulfonamides is 1. The molecule has 0 atom stereocenters. The van der Waals surface area contributed by atoms with Crippen LogP contribution < -0.4 is 4.72 Å². The van der Waals surface area contributed by atoms with E-state index < -0.39 is 31.3 Å². The molecular formula is C10H9N3O6S. The fourth-order valence-electron chi connectivity index (χ4n) is 1.45. The third-order valence-electron chi connectivity index (χ3n) is 2.31. The Morgan fingerprint density at radius 3 is 2.60 bits per heavy atom. The zero-order valence-corrected chi connectivity index (χ0v) is 10.9. The number of aromatic hydroxyl groups is 1. The molecule has 9 nitrogen and oxygen atoms in total. The minimum absolute atomic E-state index is 0.0553. The highest BCUT2D eigenvalue weighted by molar-refractivity contribution is 7.92. The summed E-state index contributed by atoms with van der Waals surface area (Å²) < 4.78 is 30.8. The van der Waals surface area contributed by atoms with Crippen molar-refractivity contribution in [1.29, 1.82) is 0 Å².